The van der Waals surface area contributed by atoms with Gasteiger partial charge in [-0.05, 0) is 65.9 Å². The number of benzene rings is 4. The van der Waals surface area contributed by atoms with Gasteiger partial charge in [0.25, 0.3) is 5.91 Å². The Balaban J connectivity index is 1.41. The van der Waals surface area contributed by atoms with Crippen molar-refractivity contribution >= 4 is 55.5 Å². The van der Waals surface area contributed by atoms with Crippen molar-refractivity contribution in [1.29, 1.82) is 0 Å². The van der Waals surface area contributed by atoms with E-state index in [-0.39, 0.29) is 16.6 Å². The van der Waals surface area contributed by atoms with Crippen LogP contribution in [-0.2, 0) is 14.9 Å². The van der Waals surface area contributed by atoms with Crippen molar-refractivity contribution in [1.82, 2.24) is 5.32 Å². The molecule has 1 heterocycles. The van der Waals surface area contributed by atoms with Gasteiger partial charge in [-0.1, -0.05) is 66.2 Å². The fourth-order valence-corrected chi connectivity index (χ4v) is 5.35. The molecule has 0 unspecified atom stereocenters. The standard InChI is InChI=1S/C27H20N2O4S2/c1-18-10-13-22(14-11-18)28-27-29-26(30)25(34-27)17-21-8-4-5-9-24(21)33-35(31,32)23-15-12-19-6-2-3-7-20(19)16-23/h2-17H,1H3,(H,28,29,30)/b25-17-. The van der Waals surface area contributed by atoms with E-state index in [4.69, 9.17) is 4.18 Å². The second-order valence-corrected chi connectivity index (χ2v) is 10.5. The average Bonchev–Trinajstić information content (AvgIpc) is 3.19. The van der Waals surface area contributed by atoms with Gasteiger partial charge < -0.3 is 9.50 Å². The number of hydrogen-bond acceptors (Lipinski definition) is 6. The minimum absolute atomic E-state index is 0.0548. The highest BCUT2D eigenvalue weighted by Crippen LogP contribution is 2.32. The number of nitrogens with zero attached hydrogens (tertiary/aromatic N) is 1. The number of amidine groups is 1. The molecule has 6 nitrogen and oxygen atoms in total. The Morgan fingerprint density at radius 2 is 1.60 bits per heavy atom. The number of aliphatic imine (C=N–C) groups is 1. The molecule has 0 radical (unpaired) electrons. The van der Waals surface area contributed by atoms with Crippen molar-refractivity contribution in [2.45, 2.75) is 11.8 Å². The summed E-state index contributed by atoms with van der Waals surface area (Å²) in [5.41, 5.74) is 2.31. The zero-order valence-electron chi connectivity index (χ0n) is 18.6. The van der Waals surface area contributed by atoms with Crippen molar-refractivity contribution < 1.29 is 17.4 Å². The molecular formula is C27H20N2O4S2. The van der Waals surface area contributed by atoms with Crippen molar-refractivity contribution in [3.8, 4) is 5.75 Å². The Kier molecular flexibility index (Phi) is 6.15. The smallest absolute Gasteiger partial charge is 0.339 e. The summed E-state index contributed by atoms with van der Waals surface area (Å²) in [6.07, 6.45) is 1.60. The monoisotopic (exact) mass is 500 g/mol. The molecule has 1 amide bonds. The Hall–Kier alpha value is -3.88. The number of thioether (sulfide) groups is 1. The summed E-state index contributed by atoms with van der Waals surface area (Å²) in [4.78, 5) is 17.4. The molecule has 0 saturated carbocycles. The molecule has 1 fully saturated rings. The largest absolute Gasteiger partial charge is 0.378 e. The molecule has 1 aliphatic rings. The highest BCUT2D eigenvalue weighted by Gasteiger charge is 2.25. The zero-order chi connectivity index (χ0) is 24.4. The van der Waals surface area contributed by atoms with Gasteiger partial charge in [0.2, 0.25) is 0 Å². The molecule has 0 aliphatic carbocycles. The van der Waals surface area contributed by atoms with Gasteiger partial charge >= 0.3 is 10.1 Å². The molecule has 0 spiro atoms. The van der Waals surface area contributed by atoms with Crippen LogP contribution in [0.3, 0.4) is 0 Å². The number of para-hydroxylation sites is 1. The van der Waals surface area contributed by atoms with Crippen molar-refractivity contribution in [3.05, 3.63) is 107 Å². The van der Waals surface area contributed by atoms with Crippen LogP contribution in [0, 0.1) is 6.92 Å². The SMILES string of the molecule is Cc1ccc(N=C2NC(=O)/C(=C/c3ccccc3OS(=O)(=O)c3ccc4ccccc4c3)S2)cc1. The van der Waals surface area contributed by atoms with E-state index in [9.17, 15) is 13.2 Å². The first-order valence-electron chi connectivity index (χ1n) is 10.8. The Bertz CT molecular complexity index is 1610. The lowest BCUT2D eigenvalue weighted by molar-refractivity contribution is -0.115. The van der Waals surface area contributed by atoms with E-state index >= 15 is 0 Å². The minimum atomic E-state index is -4.09. The second-order valence-electron chi connectivity index (χ2n) is 7.90. The Labute approximate surface area is 207 Å². The van der Waals surface area contributed by atoms with E-state index in [1.807, 2.05) is 55.5 Å². The molecule has 4 aromatic carbocycles. The van der Waals surface area contributed by atoms with Gasteiger partial charge in [0.05, 0.1) is 10.6 Å². The number of carbonyl (C=O) groups excluding carboxylic acids is 1. The summed E-state index contributed by atoms with van der Waals surface area (Å²) in [7, 11) is -4.09. The summed E-state index contributed by atoms with van der Waals surface area (Å²) in [6, 6.07) is 26.7. The van der Waals surface area contributed by atoms with Crippen LogP contribution in [0.2, 0.25) is 0 Å². The molecule has 0 atom stereocenters. The lowest BCUT2D eigenvalue weighted by Crippen LogP contribution is -2.19. The highest BCUT2D eigenvalue weighted by atomic mass is 32.2. The summed E-state index contributed by atoms with van der Waals surface area (Å²) in [5.74, 6) is -0.182. The highest BCUT2D eigenvalue weighted by molar-refractivity contribution is 8.18. The van der Waals surface area contributed by atoms with Crippen molar-refractivity contribution in [2.75, 3.05) is 0 Å². The maximum Gasteiger partial charge on any atom is 0.339 e. The van der Waals surface area contributed by atoms with Gasteiger partial charge in [-0.15, -0.1) is 0 Å². The summed E-state index contributed by atoms with van der Waals surface area (Å²) in [6.45, 7) is 1.99. The van der Waals surface area contributed by atoms with E-state index in [1.165, 1.54) is 17.8 Å². The van der Waals surface area contributed by atoms with Gasteiger partial charge in [-0.3, -0.25) is 4.79 Å². The van der Waals surface area contributed by atoms with Crippen molar-refractivity contribution in [3.63, 3.8) is 0 Å². The van der Waals surface area contributed by atoms with E-state index in [2.05, 4.69) is 10.3 Å². The number of fused-ring (bicyclic) bond motifs is 1. The van der Waals surface area contributed by atoms with Crippen LogP contribution in [-0.4, -0.2) is 19.5 Å². The van der Waals surface area contributed by atoms with Crippen LogP contribution in [0.15, 0.2) is 106 Å². The molecule has 0 aromatic heterocycles. The first kappa shape index (κ1) is 22.9. The molecule has 174 valence electrons. The zero-order valence-corrected chi connectivity index (χ0v) is 20.3. The molecule has 35 heavy (non-hydrogen) atoms. The van der Waals surface area contributed by atoms with Crippen LogP contribution < -0.4 is 9.50 Å². The lowest BCUT2D eigenvalue weighted by Gasteiger charge is -2.10. The third kappa shape index (κ3) is 5.13. The average molecular weight is 501 g/mol. The fraction of sp³-hybridized carbons (Fsp3) is 0.0370. The number of rotatable bonds is 5. The predicted octanol–water partition coefficient (Wildman–Crippen LogP) is 5.81. The van der Waals surface area contributed by atoms with Gasteiger partial charge in [0, 0.05) is 5.56 Å². The molecule has 8 heteroatoms. The van der Waals surface area contributed by atoms with Gasteiger partial charge in [-0.25, -0.2) is 4.99 Å². The van der Waals surface area contributed by atoms with Crippen molar-refractivity contribution in [2.24, 2.45) is 4.99 Å². The quantitative estimate of drug-likeness (QED) is 0.276. The molecule has 1 N–H and O–H groups in total. The molecule has 1 saturated heterocycles. The molecule has 5 rings (SSSR count). The minimum Gasteiger partial charge on any atom is -0.378 e. The topological polar surface area (TPSA) is 84.8 Å². The number of amides is 1. The number of carbonyl (C=O) groups is 1. The molecule has 4 aromatic rings. The maximum atomic E-state index is 13.0. The number of aryl methyl sites for hydroxylation is 1. The Morgan fingerprint density at radius 1 is 0.886 bits per heavy atom. The van der Waals surface area contributed by atoms with Crippen LogP contribution in [0.1, 0.15) is 11.1 Å². The Morgan fingerprint density at radius 3 is 2.40 bits per heavy atom. The molecular weight excluding hydrogens is 480 g/mol. The van der Waals surface area contributed by atoms with E-state index in [1.54, 1.807) is 42.5 Å². The number of hydrogen-bond donors (Lipinski definition) is 1. The maximum absolute atomic E-state index is 13.0. The lowest BCUT2D eigenvalue weighted by atomic mass is 10.1. The third-order valence-corrected chi connectivity index (χ3v) is 7.47. The van der Waals surface area contributed by atoms with E-state index in [0.717, 1.165) is 22.0 Å². The van der Waals surface area contributed by atoms with Crippen LogP contribution >= 0.6 is 11.8 Å². The second kappa shape index (κ2) is 9.40. The third-order valence-electron chi connectivity index (χ3n) is 5.33. The normalized spacial score (nSPS) is 16.1. The summed E-state index contributed by atoms with van der Waals surface area (Å²) in [5, 5.41) is 4.93. The van der Waals surface area contributed by atoms with Crippen LogP contribution in [0.4, 0.5) is 5.69 Å². The summed E-state index contributed by atoms with van der Waals surface area (Å²) >= 11 is 1.18. The molecule has 0 bridgehead atoms. The van der Waals surface area contributed by atoms with Gasteiger partial charge in [0.1, 0.15) is 10.6 Å². The predicted molar refractivity (Wildman–Crippen MR) is 140 cm³/mol. The summed E-state index contributed by atoms with van der Waals surface area (Å²) < 4.78 is 31.6. The first-order valence-corrected chi connectivity index (χ1v) is 13.0. The van der Waals surface area contributed by atoms with Gasteiger partial charge in [0.15, 0.2) is 5.17 Å². The van der Waals surface area contributed by atoms with E-state index in [0.29, 0.717) is 15.6 Å². The fourth-order valence-electron chi connectivity index (χ4n) is 3.52. The van der Waals surface area contributed by atoms with Crippen LogP contribution in [0.5, 0.6) is 5.75 Å². The molecule has 1 aliphatic heterocycles. The van der Waals surface area contributed by atoms with E-state index < -0.39 is 10.1 Å². The van der Waals surface area contributed by atoms with Gasteiger partial charge in [-0.2, -0.15) is 8.42 Å². The van der Waals surface area contributed by atoms with Crippen LogP contribution in [0.25, 0.3) is 16.8 Å². The first-order chi connectivity index (χ1) is 16.9. The number of nitrogens with one attached hydrogen (secondary N) is 1.